The van der Waals surface area contributed by atoms with Crippen LogP contribution in [0.5, 0.6) is 0 Å². The molecule has 0 N–H and O–H groups in total. The molecule has 2 nitrogen and oxygen atoms in total. The van der Waals surface area contributed by atoms with Crippen LogP contribution in [-0.4, -0.2) is 5.97 Å². The summed E-state index contributed by atoms with van der Waals surface area (Å²) in [4.78, 5) is 11.9. The van der Waals surface area contributed by atoms with Crippen LogP contribution in [0.15, 0.2) is 18.2 Å². The molecule has 0 bridgehead atoms. The minimum absolute atomic E-state index is 0.0461. The summed E-state index contributed by atoms with van der Waals surface area (Å²) in [7, 11) is 0. The van der Waals surface area contributed by atoms with E-state index in [-0.39, 0.29) is 11.9 Å². The van der Waals surface area contributed by atoms with Crippen LogP contribution in [-0.2, 0) is 15.1 Å². The first-order chi connectivity index (χ1) is 8.26. The van der Waals surface area contributed by atoms with Gasteiger partial charge in [-0.2, -0.15) is 0 Å². The summed E-state index contributed by atoms with van der Waals surface area (Å²) in [5, 5.41) is 0. The summed E-state index contributed by atoms with van der Waals surface area (Å²) in [5.74, 6) is -0.170. The van der Waals surface area contributed by atoms with Gasteiger partial charge in [-0.3, -0.25) is 4.79 Å². The van der Waals surface area contributed by atoms with Crippen LogP contribution >= 0.6 is 0 Å². The van der Waals surface area contributed by atoms with Gasteiger partial charge in [0.1, 0.15) is 5.60 Å². The Morgan fingerprint density at radius 2 is 1.72 bits per heavy atom. The number of esters is 1. The molecule has 0 amide bonds. The molecule has 1 aromatic carbocycles. The molecule has 0 saturated heterocycles. The first kappa shape index (κ1) is 14.7. The predicted molar refractivity (Wildman–Crippen MR) is 74.5 cm³/mol. The van der Waals surface area contributed by atoms with E-state index in [2.05, 4.69) is 32.0 Å². The number of hydrogen-bond acceptors (Lipinski definition) is 2. The van der Waals surface area contributed by atoms with Gasteiger partial charge in [0.25, 0.3) is 0 Å². The lowest BCUT2D eigenvalue weighted by Gasteiger charge is -2.28. The Balaban J connectivity index is 2.95. The highest BCUT2D eigenvalue weighted by Crippen LogP contribution is 2.28. The van der Waals surface area contributed by atoms with E-state index >= 15 is 0 Å². The fourth-order valence-electron chi connectivity index (χ4n) is 1.90. The quantitative estimate of drug-likeness (QED) is 0.749. The van der Waals surface area contributed by atoms with Crippen molar-refractivity contribution in [1.29, 1.82) is 0 Å². The maximum absolute atomic E-state index is 11.9. The SMILES string of the molecule is CCC(C)C(=O)OC(C)(C)c1cc(C)cc(C)c1. The monoisotopic (exact) mass is 248 g/mol. The van der Waals surface area contributed by atoms with Crippen molar-refractivity contribution in [2.45, 2.75) is 53.6 Å². The lowest BCUT2D eigenvalue weighted by molar-refractivity contribution is -0.162. The number of hydrogen-bond donors (Lipinski definition) is 0. The average molecular weight is 248 g/mol. The number of ether oxygens (including phenoxy) is 1. The van der Waals surface area contributed by atoms with Gasteiger partial charge in [0, 0.05) is 0 Å². The first-order valence-electron chi connectivity index (χ1n) is 6.58. The summed E-state index contributed by atoms with van der Waals surface area (Å²) in [5.41, 5.74) is 2.86. The number of carbonyl (C=O) groups excluding carboxylic acids is 1. The fraction of sp³-hybridized carbons (Fsp3) is 0.562. The molecular formula is C16H24O2. The topological polar surface area (TPSA) is 26.3 Å². The van der Waals surface area contributed by atoms with Crippen LogP contribution in [0, 0.1) is 19.8 Å². The second-order valence-electron chi connectivity index (χ2n) is 5.62. The first-order valence-corrected chi connectivity index (χ1v) is 6.58. The number of carbonyl (C=O) groups is 1. The Bertz CT molecular complexity index is 412. The van der Waals surface area contributed by atoms with Gasteiger partial charge in [-0.15, -0.1) is 0 Å². The zero-order valence-corrected chi connectivity index (χ0v) is 12.3. The molecule has 1 unspecified atom stereocenters. The molecule has 0 aromatic heterocycles. The third kappa shape index (κ3) is 3.59. The van der Waals surface area contributed by atoms with Crippen LogP contribution in [0.2, 0.25) is 0 Å². The minimum atomic E-state index is -0.572. The Morgan fingerprint density at radius 1 is 1.22 bits per heavy atom. The molecule has 2 heteroatoms. The molecule has 0 aliphatic heterocycles. The molecule has 0 aliphatic rings. The van der Waals surface area contributed by atoms with Crippen molar-refractivity contribution in [3.8, 4) is 0 Å². The Morgan fingerprint density at radius 3 is 2.17 bits per heavy atom. The zero-order valence-electron chi connectivity index (χ0n) is 12.3. The molecule has 0 spiro atoms. The summed E-state index contributed by atoms with van der Waals surface area (Å²) in [6, 6.07) is 6.28. The van der Waals surface area contributed by atoms with Crippen molar-refractivity contribution in [1.82, 2.24) is 0 Å². The Kier molecular flexibility index (Phi) is 4.55. The van der Waals surface area contributed by atoms with Crippen LogP contribution in [0.3, 0.4) is 0 Å². The molecule has 0 heterocycles. The maximum Gasteiger partial charge on any atom is 0.309 e. The minimum Gasteiger partial charge on any atom is -0.455 e. The van der Waals surface area contributed by atoms with E-state index in [4.69, 9.17) is 4.74 Å². The summed E-state index contributed by atoms with van der Waals surface area (Å²) in [6.07, 6.45) is 0.807. The molecule has 1 atom stereocenters. The van der Waals surface area contributed by atoms with Gasteiger partial charge in [-0.1, -0.05) is 43.2 Å². The third-order valence-electron chi connectivity index (χ3n) is 3.29. The predicted octanol–water partition coefficient (Wildman–Crippen LogP) is 4.13. The van der Waals surface area contributed by atoms with Crippen molar-refractivity contribution in [2.75, 3.05) is 0 Å². The van der Waals surface area contributed by atoms with E-state index in [0.29, 0.717) is 0 Å². The van der Waals surface area contributed by atoms with Gasteiger partial charge in [0.2, 0.25) is 0 Å². The van der Waals surface area contributed by atoms with Gasteiger partial charge in [0.05, 0.1) is 5.92 Å². The van der Waals surface area contributed by atoms with Crippen molar-refractivity contribution >= 4 is 5.97 Å². The maximum atomic E-state index is 11.9. The lowest BCUT2D eigenvalue weighted by atomic mass is 9.94. The second kappa shape index (κ2) is 5.55. The largest absolute Gasteiger partial charge is 0.455 e. The lowest BCUT2D eigenvalue weighted by Crippen LogP contribution is -2.28. The molecule has 1 rings (SSSR count). The van der Waals surface area contributed by atoms with E-state index in [9.17, 15) is 4.79 Å². The molecule has 1 aromatic rings. The van der Waals surface area contributed by atoms with Crippen molar-refractivity contribution in [3.63, 3.8) is 0 Å². The number of rotatable bonds is 4. The highest BCUT2D eigenvalue weighted by molar-refractivity contribution is 5.72. The number of aryl methyl sites for hydroxylation is 2. The average Bonchev–Trinajstić information content (AvgIpc) is 2.26. The molecule has 0 aliphatic carbocycles. The van der Waals surface area contributed by atoms with Crippen LogP contribution < -0.4 is 0 Å². The summed E-state index contributed by atoms with van der Waals surface area (Å²) >= 11 is 0. The van der Waals surface area contributed by atoms with E-state index in [1.54, 1.807) is 0 Å². The van der Waals surface area contributed by atoms with Crippen molar-refractivity contribution < 1.29 is 9.53 Å². The summed E-state index contributed by atoms with van der Waals surface area (Å²) in [6.45, 7) is 11.9. The number of benzene rings is 1. The summed E-state index contributed by atoms with van der Waals surface area (Å²) < 4.78 is 5.65. The van der Waals surface area contributed by atoms with Crippen LogP contribution in [0.1, 0.15) is 50.8 Å². The van der Waals surface area contributed by atoms with Gasteiger partial charge >= 0.3 is 5.97 Å². The van der Waals surface area contributed by atoms with E-state index in [1.807, 2.05) is 27.7 Å². The normalized spacial score (nSPS) is 13.2. The van der Waals surface area contributed by atoms with Crippen LogP contribution in [0.4, 0.5) is 0 Å². The van der Waals surface area contributed by atoms with Gasteiger partial charge in [0.15, 0.2) is 0 Å². The Hall–Kier alpha value is -1.31. The van der Waals surface area contributed by atoms with E-state index in [1.165, 1.54) is 11.1 Å². The van der Waals surface area contributed by atoms with Gasteiger partial charge in [-0.25, -0.2) is 0 Å². The third-order valence-corrected chi connectivity index (χ3v) is 3.29. The van der Waals surface area contributed by atoms with Gasteiger partial charge in [-0.05, 0) is 39.7 Å². The standard InChI is InChI=1S/C16H24O2/c1-7-13(4)15(17)18-16(5,6)14-9-11(2)8-12(3)10-14/h8-10,13H,7H2,1-6H3. The second-order valence-corrected chi connectivity index (χ2v) is 5.62. The molecule has 0 radical (unpaired) electrons. The zero-order chi connectivity index (χ0) is 13.9. The molecular weight excluding hydrogens is 224 g/mol. The molecule has 18 heavy (non-hydrogen) atoms. The smallest absolute Gasteiger partial charge is 0.309 e. The highest BCUT2D eigenvalue weighted by atomic mass is 16.6. The fourth-order valence-corrected chi connectivity index (χ4v) is 1.90. The molecule has 0 fully saturated rings. The van der Waals surface area contributed by atoms with E-state index < -0.39 is 5.60 Å². The highest BCUT2D eigenvalue weighted by Gasteiger charge is 2.27. The van der Waals surface area contributed by atoms with Crippen molar-refractivity contribution in [3.05, 3.63) is 34.9 Å². The van der Waals surface area contributed by atoms with Gasteiger partial charge < -0.3 is 4.74 Å². The molecule has 100 valence electrons. The van der Waals surface area contributed by atoms with E-state index in [0.717, 1.165) is 12.0 Å². The van der Waals surface area contributed by atoms with Crippen molar-refractivity contribution in [2.24, 2.45) is 5.92 Å². The van der Waals surface area contributed by atoms with Crippen LogP contribution in [0.25, 0.3) is 0 Å². The molecule has 0 saturated carbocycles. The Labute approximate surface area is 110 Å².